The van der Waals surface area contributed by atoms with Gasteiger partial charge in [0.25, 0.3) is 5.91 Å². The number of anilines is 1. The third-order valence-corrected chi connectivity index (χ3v) is 5.02. The lowest BCUT2D eigenvalue weighted by Crippen LogP contribution is -2.14. The van der Waals surface area contributed by atoms with Crippen LogP contribution in [-0.4, -0.2) is 11.8 Å². The lowest BCUT2D eigenvalue weighted by Gasteiger charge is -2.21. The van der Waals surface area contributed by atoms with Crippen molar-refractivity contribution in [3.05, 3.63) is 54.1 Å². The molecule has 1 aliphatic carbocycles. The zero-order chi connectivity index (χ0) is 19.1. The number of carbonyl (C=O) groups is 2. The summed E-state index contributed by atoms with van der Waals surface area (Å²) in [6.45, 7) is 0. The number of benzene rings is 2. The first kappa shape index (κ1) is 19.0. The third kappa shape index (κ3) is 5.58. The number of nitrogens with two attached hydrogens (primary N) is 1. The molecule has 0 saturated heterocycles. The molecule has 0 aliphatic heterocycles. The van der Waals surface area contributed by atoms with E-state index in [1.165, 1.54) is 32.1 Å². The minimum atomic E-state index is -0.535. The molecule has 0 heterocycles. The van der Waals surface area contributed by atoms with E-state index in [2.05, 4.69) is 5.32 Å². The summed E-state index contributed by atoms with van der Waals surface area (Å²) in [5, 5.41) is 2.93. The minimum absolute atomic E-state index is 0.0494. The topological polar surface area (TPSA) is 81.4 Å². The summed E-state index contributed by atoms with van der Waals surface area (Å²) >= 11 is 0. The minimum Gasteiger partial charge on any atom is -0.457 e. The highest BCUT2D eigenvalue weighted by Gasteiger charge is 2.15. The summed E-state index contributed by atoms with van der Waals surface area (Å²) in [4.78, 5) is 23.6. The normalized spacial score (nSPS) is 14.5. The molecule has 1 aliphatic rings. The Morgan fingerprint density at radius 1 is 1.00 bits per heavy atom. The second-order valence-electron chi connectivity index (χ2n) is 7.08. The van der Waals surface area contributed by atoms with Crippen molar-refractivity contribution in [2.75, 3.05) is 5.32 Å². The van der Waals surface area contributed by atoms with Crippen LogP contribution < -0.4 is 15.8 Å². The Bertz CT molecular complexity index is 780. The van der Waals surface area contributed by atoms with Gasteiger partial charge in [-0.15, -0.1) is 0 Å². The Kier molecular flexibility index (Phi) is 6.47. The van der Waals surface area contributed by atoms with E-state index in [4.69, 9.17) is 10.5 Å². The fourth-order valence-corrected chi connectivity index (χ4v) is 3.53. The van der Waals surface area contributed by atoms with E-state index >= 15 is 0 Å². The maximum atomic E-state index is 12.2. The summed E-state index contributed by atoms with van der Waals surface area (Å²) < 4.78 is 5.74. The maximum Gasteiger partial charge on any atom is 0.252 e. The molecule has 0 radical (unpaired) electrons. The van der Waals surface area contributed by atoms with Crippen molar-refractivity contribution in [3.63, 3.8) is 0 Å². The summed E-state index contributed by atoms with van der Waals surface area (Å²) in [6.07, 6.45) is 7.98. The second kappa shape index (κ2) is 9.21. The Balaban J connectivity index is 1.52. The summed E-state index contributed by atoms with van der Waals surface area (Å²) in [6, 6.07) is 13.9. The van der Waals surface area contributed by atoms with Gasteiger partial charge in [-0.3, -0.25) is 9.59 Å². The molecule has 142 valence electrons. The molecule has 2 aromatic carbocycles. The number of ether oxygens (including phenoxy) is 1. The number of amides is 2. The smallest absolute Gasteiger partial charge is 0.252 e. The molecular formula is C22H26N2O3. The van der Waals surface area contributed by atoms with E-state index in [9.17, 15) is 9.59 Å². The van der Waals surface area contributed by atoms with Crippen LogP contribution >= 0.6 is 0 Å². The molecule has 27 heavy (non-hydrogen) atoms. The zero-order valence-corrected chi connectivity index (χ0v) is 15.4. The van der Waals surface area contributed by atoms with Gasteiger partial charge >= 0.3 is 0 Å². The standard InChI is InChI=1S/C22H26N2O3/c23-22(26)19-8-4-5-9-20(19)27-18-13-11-17(12-14-18)24-21(25)15-10-16-6-2-1-3-7-16/h4-5,8-9,11-14,16H,1-3,6-7,10,15H2,(H2,23,26)(H,24,25). The molecule has 3 N–H and O–H groups in total. The van der Waals surface area contributed by atoms with Crippen LogP contribution in [0.15, 0.2) is 48.5 Å². The highest BCUT2D eigenvalue weighted by atomic mass is 16.5. The Labute approximate surface area is 159 Å². The van der Waals surface area contributed by atoms with E-state index in [1.54, 1.807) is 48.5 Å². The molecule has 1 fully saturated rings. The molecule has 5 nitrogen and oxygen atoms in total. The van der Waals surface area contributed by atoms with Gasteiger partial charge < -0.3 is 15.8 Å². The number of nitrogens with one attached hydrogen (secondary N) is 1. The van der Waals surface area contributed by atoms with Gasteiger partial charge in [0.05, 0.1) is 5.56 Å². The Hall–Kier alpha value is -2.82. The van der Waals surface area contributed by atoms with Crippen LogP contribution in [0.1, 0.15) is 55.3 Å². The molecule has 0 bridgehead atoms. The molecule has 3 rings (SSSR count). The van der Waals surface area contributed by atoms with Gasteiger partial charge in [-0.25, -0.2) is 0 Å². The van der Waals surface area contributed by atoms with Crippen LogP contribution in [0.5, 0.6) is 11.5 Å². The fourth-order valence-electron chi connectivity index (χ4n) is 3.53. The average Bonchev–Trinajstić information content (AvgIpc) is 2.69. The molecule has 0 aromatic heterocycles. The molecule has 5 heteroatoms. The van der Waals surface area contributed by atoms with Crippen molar-refractivity contribution in [3.8, 4) is 11.5 Å². The van der Waals surface area contributed by atoms with Gasteiger partial charge in [-0.05, 0) is 48.7 Å². The van der Waals surface area contributed by atoms with Crippen LogP contribution in [0, 0.1) is 5.92 Å². The van der Waals surface area contributed by atoms with Crippen molar-refractivity contribution in [1.82, 2.24) is 0 Å². The van der Waals surface area contributed by atoms with Gasteiger partial charge in [0.2, 0.25) is 5.91 Å². The van der Waals surface area contributed by atoms with Gasteiger partial charge in [-0.2, -0.15) is 0 Å². The largest absolute Gasteiger partial charge is 0.457 e. The first-order chi connectivity index (χ1) is 13.1. The fraction of sp³-hybridized carbons (Fsp3) is 0.364. The lowest BCUT2D eigenvalue weighted by molar-refractivity contribution is -0.116. The predicted octanol–water partition coefficient (Wildman–Crippen LogP) is 4.88. The Morgan fingerprint density at radius 3 is 2.41 bits per heavy atom. The van der Waals surface area contributed by atoms with E-state index in [1.807, 2.05) is 0 Å². The maximum absolute atomic E-state index is 12.2. The van der Waals surface area contributed by atoms with Crippen molar-refractivity contribution >= 4 is 17.5 Å². The SMILES string of the molecule is NC(=O)c1ccccc1Oc1ccc(NC(=O)CCC2CCCCC2)cc1. The molecule has 2 aromatic rings. The highest BCUT2D eigenvalue weighted by Crippen LogP contribution is 2.28. The van der Waals surface area contributed by atoms with Crippen molar-refractivity contribution < 1.29 is 14.3 Å². The number of rotatable bonds is 7. The lowest BCUT2D eigenvalue weighted by atomic mass is 9.86. The number of primary amides is 1. The van der Waals surface area contributed by atoms with Crippen LogP contribution in [0.25, 0.3) is 0 Å². The van der Waals surface area contributed by atoms with Crippen LogP contribution in [0.4, 0.5) is 5.69 Å². The van der Waals surface area contributed by atoms with E-state index < -0.39 is 5.91 Å². The van der Waals surface area contributed by atoms with Gasteiger partial charge in [0.15, 0.2) is 0 Å². The molecule has 0 spiro atoms. The van der Waals surface area contributed by atoms with Crippen LogP contribution in [0.3, 0.4) is 0 Å². The third-order valence-electron chi connectivity index (χ3n) is 5.02. The molecule has 1 saturated carbocycles. The van der Waals surface area contributed by atoms with Crippen molar-refractivity contribution in [2.45, 2.75) is 44.9 Å². The van der Waals surface area contributed by atoms with E-state index in [-0.39, 0.29) is 5.91 Å². The first-order valence-electron chi connectivity index (χ1n) is 9.58. The van der Waals surface area contributed by atoms with Crippen molar-refractivity contribution in [2.24, 2.45) is 11.7 Å². The van der Waals surface area contributed by atoms with E-state index in [0.29, 0.717) is 29.4 Å². The highest BCUT2D eigenvalue weighted by molar-refractivity contribution is 5.95. The van der Waals surface area contributed by atoms with Gasteiger partial charge in [-0.1, -0.05) is 44.2 Å². The first-order valence-corrected chi connectivity index (χ1v) is 9.58. The molecule has 0 unspecified atom stereocenters. The predicted molar refractivity (Wildman–Crippen MR) is 106 cm³/mol. The molecule has 2 amide bonds. The quantitative estimate of drug-likeness (QED) is 0.733. The number of hydrogen-bond acceptors (Lipinski definition) is 3. The number of hydrogen-bond donors (Lipinski definition) is 2. The monoisotopic (exact) mass is 366 g/mol. The zero-order valence-electron chi connectivity index (χ0n) is 15.4. The van der Waals surface area contributed by atoms with Crippen molar-refractivity contribution in [1.29, 1.82) is 0 Å². The average molecular weight is 366 g/mol. The summed E-state index contributed by atoms with van der Waals surface area (Å²) in [5.41, 5.74) is 6.43. The number of para-hydroxylation sites is 1. The molecular weight excluding hydrogens is 340 g/mol. The van der Waals surface area contributed by atoms with Gasteiger partial charge in [0, 0.05) is 12.1 Å². The van der Waals surface area contributed by atoms with Crippen LogP contribution in [-0.2, 0) is 4.79 Å². The van der Waals surface area contributed by atoms with Crippen LogP contribution in [0.2, 0.25) is 0 Å². The number of carbonyl (C=O) groups excluding carboxylic acids is 2. The Morgan fingerprint density at radius 2 is 1.70 bits per heavy atom. The second-order valence-corrected chi connectivity index (χ2v) is 7.08. The summed E-state index contributed by atoms with van der Waals surface area (Å²) in [5.74, 6) is 1.20. The molecule has 0 atom stereocenters. The summed E-state index contributed by atoms with van der Waals surface area (Å²) in [7, 11) is 0. The van der Waals surface area contributed by atoms with E-state index in [0.717, 1.165) is 12.1 Å². The van der Waals surface area contributed by atoms with Gasteiger partial charge in [0.1, 0.15) is 11.5 Å².